The quantitative estimate of drug-likeness (QED) is 0.709. The first-order chi connectivity index (χ1) is 9.02. The summed E-state index contributed by atoms with van der Waals surface area (Å²) in [5.74, 6) is -0.122. The second-order valence-electron chi connectivity index (χ2n) is 5.19. The van der Waals surface area contributed by atoms with E-state index in [0.29, 0.717) is 18.9 Å². The molecule has 6 heteroatoms. The smallest absolute Gasteiger partial charge is 0.328 e. The molecule has 0 spiro atoms. The second kappa shape index (κ2) is 7.99. The molecule has 1 aliphatic rings. The Morgan fingerprint density at radius 1 is 1.42 bits per heavy atom. The van der Waals surface area contributed by atoms with Crippen molar-refractivity contribution >= 4 is 12.0 Å². The highest BCUT2D eigenvalue weighted by atomic mass is 16.5. The molecule has 1 saturated heterocycles. The standard InChI is InChI=1S/C13H24N2O4/c1-9(2)7-11(12(16)18-3)15-13(17)14-8-10-5-4-6-19-10/h9-11H,4-8H2,1-3H3,(H2,14,15,17). The van der Waals surface area contributed by atoms with E-state index in [1.807, 2.05) is 13.8 Å². The van der Waals surface area contributed by atoms with Gasteiger partial charge in [0.25, 0.3) is 0 Å². The number of esters is 1. The van der Waals surface area contributed by atoms with Gasteiger partial charge in [-0.2, -0.15) is 0 Å². The molecule has 6 nitrogen and oxygen atoms in total. The maximum Gasteiger partial charge on any atom is 0.328 e. The Labute approximate surface area is 114 Å². The largest absolute Gasteiger partial charge is 0.467 e. The van der Waals surface area contributed by atoms with Crippen molar-refractivity contribution in [2.24, 2.45) is 5.92 Å². The number of methoxy groups -OCH3 is 1. The maximum absolute atomic E-state index is 11.7. The minimum Gasteiger partial charge on any atom is -0.467 e. The van der Waals surface area contributed by atoms with Crippen LogP contribution in [0.3, 0.4) is 0 Å². The third-order valence-corrected chi connectivity index (χ3v) is 3.01. The number of hydrogen-bond acceptors (Lipinski definition) is 4. The van der Waals surface area contributed by atoms with E-state index in [2.05, 4.69) is 15.4 Å². The average molecular weight is 272 g/mol. The Morgan fingerprint density at radius 2 is 2.16 bits per heavy atom. The summed E-state index contributed by atoms with van der Waals surface area (Å²) in [4.78, 5) is 23.3. The summed E-state index contributed by atoms with van der Waals surface area (Å²) in [6, 6.07) is -0.957. The SMILES string of the molecule is COC(=O)C(CC(C)C)NC(=O)NCC1CCCO1. The van der Waals surface area contributed by atoms with E-state index in [1.165, 1.54) is 7.11 Å². The molecule has 2 unspecified atom stereocenters. The number of nitrogens with one attached hydrogen (secondary N) is 2. The lowest BCUT2D eigenvalue weighted by atomic mass is 10.0. The van der Waals surface area contributed by atoms with Gasteiger partial charge in [-0.3, -0.25) is 0 Å². The predicted molar refractivity (Wildman–Crippen MR) is 70.8 cm³/mol. The molecular weight excluding hydrogens is 248 g/mol. The van der Waals surface area contributed by atoms with Gasteiger partial charge in [0, 0.05) is 13.2 Å². The average Bonchev–Trinajstić information content (AvgIpc) is 2.87. The van der Waals surface area contributed by atoms with Crippen molar-refractivity contribution < 1.29 is 19.1 Å². The Balaban J connectivity index is 2.34. The van der Waals surface area contributed by atoms with Crippen molar-refractivity contribution in [3.63, 3.8) is 0 Å². The van der Waals surface area contributed by atoms with E-state index in [1.54, 1.807) is 0 Å². The van der Waals surface area contributed by atoms with Gasteiger partial charge in [0.15, 0.2) is 0 Å². The lowest BCUT2D eigenvalue weighted by molar-refractivity contribution is -0.143. The molecule has 0 aromatic rings. The summed E-state index contributed by atoms with van der Waals surface area (Å²) in [6.07, 6.45) is 2.64. The monoisotopic (exact) mass is 272 g/mol. The van der Waals surface area contributed by atoms with Crippen molar-refractivity contribution in [3.05, 3.63) is 0 Å². The number of ether oxygens (including phenoxy) is 2. The van der Waals surface area contributed by atoms with Crippen LogP contribution >= 0.6 is 0 Å². The van der Waals surface area contributed by atoms with E-state index in [4.69, 9.17) is 4.74 Å². The van der Waals surface area contributed by atoms with Gasteiger partial charge in [-0.25, -0.2) is 9.59 Å². The van der Waals surface area contributed by atoms with Gasteiger partial charge in [-0.1, -0.05) is 13.8 Å². The van der Waals surface area contributed by atoms with E-state index in [-0.39, 0.29) is 12.1 Å². The highest BCUT2D eigenvalue weighted by Gasteiger charge is 2.23. The summed E-state index contributed by atoms with van der Waals surface area (Å²) in [5.41, 5.74) is 0. The lowest BCUT2D eigenvalue weighted by Crippen LogP contribution is -2.48. The fourth-order valence-electron chi connectivity index (χ4n) is 2.05. The molecule has 2 atom stereocenters. The van der Waals surface area contributed by atoms with Crippen molar-refractivity contribution in [2.45, 2.75) is 45.3 Å². The normalized spacial score (nSPS) is 20.1. The van der Waals surface area contributed by atoms with Crippen LogP contribution in [0.4, 0.5) is 4.79 Å². The number of carbonyl (C=O) groups excluding carboxylic acids is 2. The number of rotatable bonds is 6. The fraction of sp³-hybridized carbons (Fsp3) is 0.846. The molecule has 2 amide bonds. The van der Waals surface area contributed by atoms with Crippen LogP contribution < -0.4 is 10.6 Å². The number of carbonyl (C=O) groups is 2. The van der Waals surface area contributed by atoms with Crippen LogP contribution in [0.5, 0.6) is 0 Å². The highest BCUT2D eigenvalue weighted by Crippen LogP contribution is 2.10. The van der Waals surface area contributed by atoms with Crippen molar-refractivity contribution in [1.29, 1.82) is 0 Å². The molecule has 0 bridgehead atoms. The Bertz CT molecular complexity index is 301. The van der Waals surface area contributed by atoms with Crippen LogP contribution in [0.15, 0.2) is 0 Å². The van der Waals surface area contributed by atoms with Gasteiger partial charge in [-0.05, 0) is 25.2 Å². The van der Waals surface area contributed by atoms with Crippen LogP contribution in [0.2, 0.25) is 0 Å². The van der Waals surface area contributed by atoms with Crippen LogP contribution in [0.25, 0.3) is 0 Å². The summed E-state index contributed by atoms with van der Waals surface area (Å²) >= 11 is 0. The Hall–Kier alpha value is -1.30. The predicted octanol–water partition coefficient (Wildman–Crippen LogP) is 1.05. The van der Waals surface area contributed by atoms with E-state index in [0.717, 1.165) is 19.4 Å². The molecule has 0 aromatic heterocycles. The third-order valence-electron chi connectivity index (χ3n) is 3.01. The minimum absolute atomic E-state index is 0.0902. The molecule has 0 aliphatic carbocycles. The van der Waals surface area contributed by atoms with E-state index in [9.17, 15) is 9.59 Å². The van der Waals surface area contributed by atoms with Crippen molar-refractivity contribution in [3.8, 4) is 0 Å². The van der Waals surface area contributed by atoms with E-state index < -0.39 is 12.0 Å². The molecule has 2 N–H and O–H groups in total. The van der Waals surface area contributed by atoms with Crippen molar-refractivity contribution in [1.82, 2.24) is 10.6 Å². The lowest BCUT2D eigenvalue weighted by Gasteiger charge is -2.19. The van der Waals surface area contributed by atoms with Gasteiger partial charge < -0.3 is 20.1 Å². The Kier molecular flexibility index (Phi) is 6.62. The van der Waals surface area contributed by atoms with Crippen molar-refractivity contribution in [2.75, 3.05) is 20.3 Å². The first-order valence-electron chi connectivity index (χ1n) is 6.76. The highest BCUT2D eigenvalue weighted by molar-refractivity contribution is 5.83. The first-order valence-corrected chi connectivity index (χ1v) is 6.76. The third kappa shape index (κ3) is 5.92. The number of amides is 2. The number of urea groups is 1. The molecule has 110 valence electrons. The summed E-state index contributed by atoms with van der Waals surface area (Å²) in [6.45, 7) is 5.21. The first kappa shape index (κ1) is 15.8. The molecular formula is C13H24N2O4. The summed E-state index contributed by atoms with van der Waals surface area (Å²) < 4.78 is 10.1. The molecule has 1 aliphatic heterocycles. The molecule has 0 radical (unpaired) electrons. The van der Waals surface area contributed by atoms with Gasteiger partial charge in [0.1, 0.15) is 6.04 Å². The molecule has 0 aromatic carbocycles. The Morgan fingerprint density at radius 3 is 2.68 bits per heavy atom. The molecule has 1 fully saturated rings. The van der Waals surface area contributed by atoms with Gasteiger partial charge in [-0.15, -0.1) is 0 Å². The summed E-state index contributed by atoms with van der Waals surface area (Å²) in [5, 5.41) is 5.37. The van der Waals surface area contributed by atoms with E-state index >= 15 is 0 Å². The zero-order valence-electron chi connectivity index (χ0n) is 11.9. The van der Waals surface area contributed by atoms with Gasteiger partial charge in [0.2, 0.25) is 0 Å². The minimum atomic E-state index is -0.602. The van der Waals surface area contributed by atoms with Crippen LogP contribution in [0, 0.1) is 5.92 Å². The fourth-order valence-corrected chi connectivity index (χ4v) is 2.05. The molecule has 19 heavy (non-hydrogen) atoms. The van der Waals surface area contributed by atoms with Gasteiger partial charge in [0.05, 0.1) is 13.2 Å². The van der Waals surface area contributed by atoms with Crippen LogP contribution in [-0.2, 0) is 14.3 Å². The molecule has 1 heterocycles. The molecule has 1 rings (SSSR count). The topological polar surface area (TPSA) is 76.7 Å². The zero-order chi connectivity index (χ0) is 14.3. The maximum atomic E-state index is 11.7. The van der Waals surface area contributed by atoms with Crippen LogP contribution in [0.1, 0.15) is 33.1 Å². The second-order valence-corrected chi connectivity index (χ2v) is 5.19. The van der Waals surface area contributed by atoms with Gasteiger partial charge >= 0.3 is 12.0 Å². The summed E-state index contributed by atoms with van der Waals surface area (Å²) in [7, 11) is 1.32. The molecule has 0 saturated carbocycles. The number of hydrogen-bond donors (Lipinski definition) is 2. The zero-order valence-corrected chi connectivity index (χ0v) is 11.9. The van der Waals surface area contributed by atoms with Crippen LogP contribution in [-0.4, -0.2) is 44.4 Å².